The summed E-state index contributed by atoms with van der Waals surface area (Å²) in [5, 5.41) is 11.5. The van der Waals surface area contributed by atoms with Gasteiger partial charge in [-0.2, -0.15) is 0 Å². The van der Waals surface area contributed by atoms with Crippen LogP contribution < -0.4 is 5.73 Å². The van der Waals surface area contributed by atoms with Gasteiger partial charge in [-0.3, -0.25) is 4.79 Å². The highest BCUT2D eigenvalue weighted by Gasteiger charge is 2.32. The summed E-state index contributed by atoms with van der Waals surface area (Å²) in [4.78, 5) is 18.9. The number of fused-ring (bicyclic) bond motifs is 1. The Morgan fingerprint density at radius 1 is 1.24 bits per heavy atom. The van der Waals surface area contributed by atoms with E-state index in [2.05, 4.69) is 11.1 Å². The first-order valence-corrected chi connectivity index (χ1v) is 10.3. The molecule has 6 nitrogen and oxygen atoms in total. The predicted molar refractivity (Wildman–Crippen MR) is 113 cm³/mol. The van der Waals surface area contributed by atoms with Gasteiger partial charge in [-0.1, -0.05) is 47.5 Å². The van der Waals surface area contributed by atoms with Crippen molar-refractivity contribution in [3.63, 3.8) is 0 Å². The minimum atomic E-state index is -0.603. The number of rotatable bonds is 4. The number of halogens is 2. The molecule has 4 rings (SSSR count). The monoisotopic (exact) mass is 432 g/mol. The first-order chi connectivity index (χ1) is 14.0. The maximum absolute atomic E-state index is 12.9. The summed E-state index contributed by atoms with van der Waals surface area (Å²) in [5.74, 6) is -0.137. The molecular formula is C21H22Cl2N4O2. The van der Waals surface area contributed by atoms with Crippen LogP contribution in [0.3, 0.4) is 0 Å². The number of nitrogens with two attached hydrogens (primary N) is 1. The first kappa shape index (κ1) is 20.2. The van der Waals surface area contributed by atoms with E-state index in [9.17, 15) is 9.90 Å². The Hall–Kier alpha value is -2.12. The first-order valence-electron chi connectivity index (χ1n) is 9.54. The van der Waals surface area contributed by atoms with E-state index in [4.69, 9.17) is 28.9 Å². The molecule has 1 amide bonds. The number of benzene rings is 1. The Morgan fingerprint density at radius 2 is 2.00 bits per heavy atom. The fourth-order valence-electron chi connectivity index (χ4n) is 3.93. The second-order valence-electron chi connectivity index (χ2n) is 7.41. The highest BCUT2D eigenvalue weighted by Crippen LogP contribution is 2.26. The Bertz CT molecular complexity index is 1050. The predicted octanol–water partition coefficient (Wildman–Crippen LogP) is 3.17. The molecule has 0 radical (unpaired) electrons. The maximum atomic E-state index is 12.9. The van der Waals surface area contributed by atoms with Crippen molar-refractivity contribution in [3.05, 3.63) is 69.6 Å². The van der Waals surface area contributed by atoms with Gasteiger partial charge in [0.2, 0.25) is 0 Å². The number of β-amino-alcohol motifs (C(OH)–C–C–N with tert-alkyl or cyclic N) is 1. The van der Waals surface area contributed by atoms with Crippen molar-refractivity contribution in [2.24, 2.45) is 11.7 Å². The second kappa shape index (κ2) is 8.32. The number of carbonyl (C=O) groups is 1. The van der Waals surface area contributed by atoms with Crippen LogP contribution in [0.25, 0.3) is 5.65 Å². The van der Waals surface area contributed by atoms with Gasteiger partial charge >= 0.3 is 0 Å². The minimum Gasteiger partial charge on any atom is -0.391 e. The van der Waals surface area contributed by atoms with Gasteiger partial charge in [0.1, 0.15) is 5.69 Å². The quantitative estimate of drug-likeness (QED) is 0.662. The summed E-state index contributed by atoms with van der Waals surface area (Å²) in [6.07, 6.45) is 4.13. The maximum Gasteiger partial charge on any atom is 0.274 e. The molecule has 1 fully saturated rings. The smallest absolute Gasteiger partial charge is 0.274 e. The Balaban J connectivity index is 1.47. The van der Waals surface area contributed by atoms with E-state index in [1.54, 1.807) is 27.8 Å². The lowest BCUT2D eigenvalue weighted by Gasteiger charge is -2.36. The van der Waals surface area contributed by atoms with Crippen molar-refractivity contribution in [2.75, 3.05) is 13.1 Å². The Labute approximate surface area is 178 Å². The number of aromatic nitrogens is 2. The molecule has 2 aromatic heterocycles. The Kier molecular flexibility index (Phi) is 5.79. The zero-order valence-corrected chi connectivity index (χ0v) is 17.3. The minimum absolute atomic E-state index is 0.0843. The number of imidazole rings is 1. The summed E-state index contributed by atoms with van der Waals surface area (Å²) in [7, 11) is 0. The molecule has 2 atom stereocenters. The molecule has 29 heavy (non-hydrogen) atoms. The van der Waals surface area contributed by atoms with Crippen molar-refractivity contribution in [1.82, 2.24) is 14.3 Å². The number of hydrogen-bond donors (Lipinski definition) is 2. The van der Waals surface area contributed by atoms with E-state index < -0.39 is 6.10 Å². The number of likely N-dealkylation sites (tertiary alicyclic amines) is 1. The van der Waals surface area contributed by atoms with Crippen molar-refractivity contribution >= 4 is 34.8 Å². The molecule has 1 unspecified atom stereocenters. The van der Waals surface area contributed by atoms with Gasteiger partial charge in [0.05, 0.1) is 16.1 Å². The Morgan fingerprint density at radius 3 is 2.72 bits per heavy atom. The summed E-state index contributed by atoms with van der Waals surface area (Å²) in [6, 6.07) is 9.62. The summed E-state index contributed by atoms with van der Waals surface area (Å²) in [6.45, 7) is 1.31. The SMILES string of the molecule is NCc1ccccc1CC1CCN(C(=O)c2cn3cc(Cl)cc(Cl)c3n2)C[C@H]1O. The van der Waals surface area contributed by atoms with E-state index in [-0.39, 0.29) is 24.1 Å². The molecule has 0 aliphatic carbocycles. The van der Waals surface area contributed by atoms with Crippen LogP contribution in [0, 0.1) is 5.92 Å². The van der Waals surface area contributed by atoms with Crippen molar-refractivity contribution in [1.29, 1.82) is 0 Å². The summed E-state index contributed by atoms with van der Waals surface area (Å²) >= 11 is 12.2. The molecule has 3 aromatic rings. The lowest BCUT2D eigenvalue weighted by molar-refractivity contribution is 0.0194. The van der Waals surface area contributed by atoms with Crippen LogP contribution in [-0.2, 0) is 13.0 Å². The number of pyridine rings is 1. The second-order valence-corrected chi connectivity index (χ2v) is 8.25. The lowest BCUT2D eigenvalue weighted by Crippen LogP contribution is -2.47. The van der Waals surface area contributed by atoms with Crippen LogP contribution in [0.4, 0.5) is 0 Å². The molecule has 3 N–H and O–H groups in total. The average Bonchev–Trinajstić information content (AvgIpc) is 3.13. The fraction of sp³-hybridized carbons (Fsp3) is 0.333. The third-order valence-corrected chi connectivity index (χ3v) is 6.01. The van der Waals surface area contributed by atoms with E-state index in [0.717, 1.165) is 17.5 Å². The number of hydrogen-bond acceptors (Lipinski definition) is 4. The van der Waals surface area contributed by atoms with Gasteiger partial charge in [0.15, 0.2) is 5.65 Å². The van der Waals surface area contributed by atoms with Gasteiger partial charge in [-0.25, -0.2) is 4.98 Å². The van der Waals surface area contributed by atoms with Crippen molar-refractivity contribution < 1.29 is 9.90 Å². The van der Waals surface area contributed by atoms with Crippen LogP contribution in [0.2, 0.25) is 10.0 Å². The van der Waals surface area contributed by atoms with E-state index in [0.29, 0.717) is 35.2 Å². The van der Waals surface area contributed by atoms with Crippen molar-refractivity contribution in [3.8, 4) is 0 Å². The van der Waals surface area contributed by atoms with E-state index in [1.165, 1.54) is 0 Å². The molecule has 0 spiro atoms. The third-order valence-electron chi connectivity index (χ3n) is 5.52. The largest absolute Gasteiger partial charge is 0.391 e. The van der Waals surface area contributed by atoms with Gasteiger partial charge in [0, 0.05) is 32.0 Å². The zero-order valence-electron chi connectivity index (χ0n) is 15.8. The zero-order chi connectivity index (χ0) is 20.5. The fourth-order valence-corrected chi connectivity index (χ4v) is 4.46. The summed E-state index contributed by atoms with van der Waals surface area (Å²) in [5.41, 5.74) is 8.85. The van der Waals surface area contributed by atoms with Crippen LogP contribution in [0.15, 0.2) is 42.7 Å². The molecule has 0 saturated carbocycles. The summed E-state index contributed by atoms with van der Waals surface area (Å²) < 4.78 is 1.64. The lowest BCUT2D eigenvalue weighted by atomic mass is 9.86. The average molecular weight is 433 g/mol. The molecule has 152 valence electrons. The molecule has 1 saturated heterocycles. The van der Waals surface area contributed by atoms with Crippen LogP contribution >= 0.6 is 23.2 Å². The number of amides is 1. The molecule has 1 aromatic carbocycles. The van der Waals surface area contributed by atoms with Gasteiger partial charge in [0.25, 0.3) is 5.91 Å². The molecule has 0 bridgehead atoms. The molecular weight excluding hydrogens is 411 g/mol. The molecule has 1 aliphatic heterocycles. The number of carbonyl (C=O) groups excluding carboxylic acids is 1. The number of piperidine rings is 1. The standard InChI is InChI=1S/C21H22Cl2N4O2/c22-16-8-17(23)20-25-18(11-27(20)10-16)21(29)26-6-5-14(19(28)12-26)7-13-3-1-2-4-15(13)9-24/h1-4,8,10-11,14,19,28H,5-7,9,12,24H2/t14?,19-/m1/s1. The number of aliphatic hydroxyl groups excluding tert-OH is 1. The van der Waals surface area contributed by atoms with Crippen LogP contribution in [0.5, 0.6) is 0 Å². The molecule has 3 heterocycles. The highest BCUT2D eigenvalue weighted by molar-refractivity contribution is 6.36. The van der Waals surface area contributed by atoms with Crippen LogP contribution in [-0.4, -0.2) is 44.5 Å². The highest BCUT2D eigenvalue weighted by atomic mass is 35.5. The van der Waals surface area contributed by atoms with Crippen molar-refractivity contribution in [2.45, 2.75) is 25.5 Å². The van der Waals surface area contributed by atoms with Gasteiger partial charge in [-0.05, 0) is 36.0 Å². The van der Waals surface area contributed by atoms with Crippen LogP contribution in [0.1, 0.15) is 28.0 Å². The third kappa shape index (κ3) is 4.12. The van der Waals surface area contributed by atoms with E-state index in [1.807, 2.05) is 18.2 Å². The number of aliphatic hydroxyl groups is 1. The van der Waals surface area contributed by atoms with Gasteiger partial charge < -0.3 is 20.1 Å². The molecule has 1 aliphatic rings. The van der Waals surface area contributed by atoms with Gasteiger partial charge in [-0.15, -0.1) is 0 Å². The van der Waals surface area contributed by atoms with E-state index >= 15 is 0 Å². The topological polar surface area (TPSA) is 83.9 Å². The normalized spacial score (nSPS) is 19.7. The number of nitrogens with zero attached hydrogens (tertiary/aromatic N) is 3. The molecule has 8 heteroatoms.